The predicted molar refractivity (Wildman–Crippen MR) is 108 cm³/mol. The molecule has 1 aromatic carbocycles. The van der Waals surface area contributed by atoms with Gasteiger partial charge in [0.15, 0.2) is 4.96 Å². The van der Waals surface area contributed by atoms with Crippen LogP contribution in [0.2, 0.25) is 0 Å². The lowest BCUT2D eigenvalue weighted by Crippen LogP contribution is -2.24. The molecule has 8 nitrogen and oxygen atoms in total. The van der Waals surface area contributed by atoms with Crippen molar-refractivity contribution in [3.8, 4) is 5.69 Å². The van der Waals surface area contributed by atoms with Crippen LogP contribution in [0.25, 0.3) is 10.6 Å². The predicted octanol–water partition coefficient (Wildman–Crippen LogP) is 2.99. The molecule has 12 heteroatoms. The molecule has 0 bridgehead atoms. The van der Waals surface area contributed by atoms with Crippen LogP contribution in [0, 0.1) is 6.92 Å². The lowest BCUT2D eigenvalue weighted by atomic mass is 10.2. The van der Waals surface area contributed by atoms with Crippen LogP contribution in [-0.4, -0.2) is 25.1 Å². The highest BCUT2D eigenvalue weighted by Crippen LogP contribution is 2.30. The molecule has 4 aromatic rings. The number of aromatic nitrogens is 4. The van der Waals surface area contributed by atoms with Crippen LogP contribution in [0.5, 0.6) is 0 Å². The number of rotatable bonds is 4. The van der Waals surface area contributed by atoms with Crippen molar-refractivity contribution >= 4 is 22.3 Å². The molecule has 0 aliphatic rings. The number of hydrogen-bond donors (Lipinski definition) is 0. The minimum Gasteiger partial charge on any atom is -0.454 e. The van der Waals surface area contributed by atoms with E-state index in [1.807, 2.05) is 0 Å². The maximum absolute atomic E-state index is 13.0. The van der Waals surface area contributed by atoms with Crippen LogP contribution in [0.1, 0.15) is 27.4 Å². The first-order valence-corrected chi connectivity index (χ1v) is 9.93. The standard InChI is InChI=1S/C20H13F3N4O4S/c1-11-7-15(28)17(25-27(11)14-4-2-3-12(8-14)20(21,22)23)18(30)31-10-13-9-16(29)26-5-6-32-19(26)24-13/h2-9H,10H2,1H3. The van der Waals surface area contributed by atoms with Crippen molar-refractivity contribution in [2.75, 3.05) is 0 Å². The molecule has 0 fully saturated rings. The summed E-state index contributed by atoms with van der Waals surface area (Å²) in [4.78, 5) is 41.4. The normalized spacial score (nSPS) is 11.6. The van der Waals surface area contributed by atoms with Crippen molar-refractivity contribution in [3.05, 3.63) is 91.2 Å². The van der Waals surface area contributed by atoms with Gasteiger partial charge in [-0.25, -0.2) is 14.5 Å². The van der Waals surface area contributed by atoms with Gasteiger partial charge in [-0.05, 0) is 25.1 Å². The maximum atomic E-state index is 13.0. The zero-order valence-corrected chi connectivity index (χ0v) is 17.1. The number of aryl methyl sites for hydroxylation is 1. The number of alkyl halides is 3. The van der Waals surface area contributed by atoms with Gasteiger partial charge in [0.1, 0.15) is 6.61 Å². The number of nitrogens with zero attached hydrogens (tertiary/aromatic N) is 4. The van der Waals surface area contributed by atoms with Gasteiger partial charge in [-0.1, -0.05) is 6.07 Å². The van der Waals surface area contributed by atoms with Gasteiger partial charge in [-0.2, -0.15) is 18.3 Å². The molecule has 0 radical (unpaired) electrons. The fraction of sp³-hybridized carbons (Fsp3) is 0.150. The second-order valence-corrected chi connectivity index (χ2v) is 7.55. The number of benzene rings is 1. The Hall–Kier alpha value is -3.80. The molecule has 0 N–H and O–H groups in total. The van der Waals surface area contributed by atoms with Crippen LogP contribution in [0.3, 0.4) is 0 Å². The fourth-order valence-electron chi connectivity index (χ4n) is 2.93. The van der Waals surface area contributed by atoms with Crippen molar-refractivity contribution in [2.24, 2.45) is 0 Å². The number of thiazole rings is 1. The number of esters is 1. The summed E-state index contributed by atoms with van der Waals surface area (Å²) in [5.74, 6) is -1.09. The maximum Gasteiger partial charge on any atom is 0.416 e. The lowest BCUT2D eigenvalue weighted by Gasteiger charge is -2.13. The summed E-state index contributed by atoms with van der Waals surface area (Å²) in [6, 6.07) is 6.58. The molecule has 0 unspecified atom stereocenters. The first kappa shape index (κ1) is 21.4. The van der Waals surface area contributed by atoms with Crippen molar-refractivity contribution in [2.45, 2.75) is 19.7 Å². The summed E-state index contributed by atoms with van der Waals surface area (Å²) in [5.41, 5.74) is -2.20. The Morgan fingerprint density at radius 3 is 2.72 bits per heavy atom. The second-order valence-electron chi connectivity index (χ2n) is 6.68. The highest BCUT2D eigenvalue weighted by atomic mass is 32.1. The van der Waals surface area contributed by atoms with Gasteiger partial charge in [0.05, 0.1) is 16.9 Å². The minimum absolute atomic E-state index is 0.0178. The van der Waals surface area contributed by atoms with E-state index in [0.717, 1.165) is 22.9 Å². The zero-order valence-electron chi connectivity index (χ0n) is 16.3. The number of ether oxygens (including phenoxy) is 1. The Balaban J connectivity index is 1.63. The van der Waals surface area contributed by atoms with Crippen LogP contribution >= 0.6 is 11.3 Å². The number of carbonyl (C=O) groups excluding carboxylic acids is 1. The molecule has 0 saturated carbocycles. The molecule has 0 aliphatic heterocycles. The summed E-state index contributed by atoms with van der Waals surface area (Å²) < 4.78 is 46.6. The fourth-order valence-corrected chi connectivity index (χ4v) is 3.67. The van der Waals surface area contributed by atoms with E-state index in [9.17, 15) is 27.6 Å². The molecule has 0 atom stereocenters. The Kier molecular flexibility index (Phi) is 5.38. The second kappa shape index (κ2) is 8.04. The largest absolute Gasteiger partial charge is 0.454 e. The Labute approximate surface area is 181 Å². The van der Waals surface area contributed by atoms with Crippen LogP contribution < -0.4 is 11.0 Å². The van der Waals surface area contributed by atoms with Gasteiger partial charge in [0, 0.05) is 29.4 Å². The molecular weight excluding hydrogens is 449 g/mol. The third-order valence-electron chi connectivity index (χ3n) is 4.43. The van der Waals surface area contributed by atoms with Gasteiger partial charge < -0.3 is 4.74 Å². The number of carbonyl (C=O) groups is 1. The van der Waals surface area contributed by atoms with Crippen LogP contribution in [0.15, 0.2) is 57.6 Å². The van der Waals surface area contributed by atoms with Crippen molar-refractivity contribution in [1.29, 1.82) is 0 Å². The van der Waals surface area contributed by atoms with E-state index in [4.69, 9.17) is 4.74 Å². The molecule has 0 aliphatic carbocycles. The van der Waals surface area contributed by atoms with E-state index < -0.39 is 28.8 Å². The molecule has 0 spiro atoms. The third kappa shape index (κ3) is 4.17. The molecule has 164 valence electrons. The molecular formula is C20H13F3N4O4S. The number of fused-ring (bicyclic) bond motifs is 1. The van der Waals surface area contributed by atoms with Crippen LogP contribution in [0.4, 0.5) is 13.2 Å². The average Bonchev–Trinajstić information content (AvgIpc) is 3.21. The van der Waals surface area contributed by atoms with Gasteiger partial charge in [-0.3, -0.25) is 14.0 Å². The Morgan fingerprint density at radius 1 is 1.19 bits per heavy atom. The van der Waals surface area contributed by atoms with Crippen molar-refractivity contribution < 1.29 is 22.7 Å². The number of hydrogen-bond acceptors (Lipinski definition) is 7. The van der Waals surface area contributed by atoms with E-state index in [2.05, 4.69) is 10.1 Å². The summed E-state index contributed by atoms with van der Waals surface area (Å²) in [7, 11) is 0. The van der Waals surface area contributed by atoms with Crippen molar-refractivity contribution in [1.82, 2.24) is 19.2 Å². The van der Waals surface area contributed by atoms with Crippen molar-refractivity contribution in [3.63, 3.8) is 0 Å². The summed E-state index contributed by atoms with van der Waals surface area (Å²) in [6.45, 7) is 1.08. The number of halogens is 3. The molecule has 32 heavy (non-hydrogen) atoms. The van der Waals surface area contributed by atoms with E-state index in [0.29, 0.717) is 4.96 Å². The SMILES string of the molecule is Cc1cc(=O)c(C(=O)OCc2cc(=O)n3ccsc3n2)nn1-c1cccc(C(F)(F)F)c1. The van der Waals surface area contributed by atoms with Crippen LogP contribution in [-0.2, 0) is 17.5 Å². The first-order chi connectivity index (χ1) is 15.1. The van der Waals surface area contributed by atoms with Gasteiger partial charge in [-0.15, -0.1) is 11.3 Å². The molecule has 0 amide bonds. The van der Waals surface area contributed by atoms with E-state index in [-0.39, 0.29) is 29.2 Å². The lowest BCUT2D eigenvalue weighted by molar-refractivity contribution is -0.137. The highest BCUT2D eigenvalue weighted by Gasteiger charge is 2.30. The molecule has 4 rings (SSSR count). The summed E-state index contributed by atoms with van der Waals surface area (Å²) >= 11 is 1.22. The molecule has 0 saturated heterocycles. The smallest absolute Gasteiger partial charge is 0.416 e. The quantitative estimate of drug-likeness (QED) is 0.433. The Morgan fingerprint density at radius 2 is 1.97 bits per heavy atom. The average molecular weight is 462 g/mol. The monoisotopic (exact) mass is 462 g/mol. The van der Waals surface area contributed by atoms with E-state index >= 15 is 0 Å². The minimum atomic E-state index is -4.57. The van der Waals surface area contributed by atoms with E-state index in [1.54, 1.807) is 11.6 Å². The van der Waals surface area contributed by atoms with E-state index in [1.165, 1.54) is 40.9 Å². The third-order valence-corrected chi connectivity index (χ3v) is 5.18. The molecule has 3 heterocycles. The first-order valence-electron chi connectivity index (χ1n) is 9.05. The summed E-state index contributed by atoms with van der Waals surface area (Å²) in [6.07, 6.45) is -3.02. The van der Waals surface area contributed by atoms with Gasteiger partial charge in [0.25, 0.3) is 5.56 Å². The Bertz CT molecular complexity index is 1460. The van der Waals surface area contributed by atoms with Gasteiger partial charge >= 0.3 is 12.1 Å². The topological polar surface area (TPSA) is 95.6 Å². The zero-order chi connectivity index (χ0) is 23.0. The molecule has 3 aromatic heterocycles. The summed E-state index contributed by atoms with van der Waals surface area (Å²) in [5, 5.41) is 5.59. The highest BCUT2D eigenvalue weighted by molar-refractivity contribution is 7.15. The van der Waals surface area contributed by atoms with Gasteiger partial charge in [0.2, 0.25) is 11.1 Å².